The topological polar surface area (TPSA) is 93.1 Å². The van der Waals surface area contributed by atoms with Gasteiger partial charge in [-0.25, -0.2) is 4.79 Å². The highest BCUT2D eigenvalue weighted by Gasteiger charge is 2.34. The molecule has 6 nitrogen and oxygen atoms in total. The van der Waals surface area contributed by atoms with E-state index in [9.17, 15) is 19.8 Å². The van der Waals surface area contributed by atoms with Crippen molar-refractivity contribution < 1.29 is 29.3 Å². The van der Waals surface area contributed by atoms with Crippen molar-refractivity contribution in [2.75, 3.05) is 6.61 Å². The third-order valence-corrected chi connectivity index (χ3v) is 4.22. The van der Waals surface area contributed by atoms with Gasteiger partial charge in [-0.15, -0.1) is 0 Å². The zero-order chi connectivity index (χ0) is 17.1. The molecule has 0 spiro atoms. The van der Waals surface area contributed by atoms with Crippen LogP contribution in [0.15, 0.2) is 34.9 Å². The molecule has 0 saturated heterocycles. The van der Waals surface area contributed by atoms with E-state index in [1.165, 1.54) is 6.92 Å². The molecule has 3 atom stereocenters. The van der Waals surface area contributed by atoms with Crippen LogP contribution in [0, 0.1) is 0 Å². The lowest BCUT2D eigenvalue weighted by molar-refractivity contribution is -0.146. The van der Waals surface area contributed by atoms with Crippen LogP contribution in [0.1, 0.15) is 33.1 Å². The van der Waals surface area contributed by atoms with Crippen LogP contribution in [0.25, 0.3) is 0 Å². The zero-order valence-corrected chi connectivity index (χ0v) is 13.4. The molecular formula is C17H22O6. The number of ether oxygens (including phenoxy) is 2. The fourth-order valence-corrected chi connectivity index (χ4v) is 2.86. The lowest BCUT2D eigenvalue weighted by Gasteiger charge is -2.25. The van der Waals surface area contributed by atoms with Crippen LogP contribution in [0.2, 0.25) is 0 Å². The Kier molecular flexibility index (Phi) is 5.38. The van der Waals surface area contributed by atoms with Crippen LogP contribution in [0.3, 0.4) is 0 Å². The number of carbonyl (C=O) groups excluding carboxylic acids is 2. The lowest BCUT2D eigenvalue weighted by Crippen LogP contribution is -2.27. The van der Waals surface area contributed by atoms with Crippen LogP contribution in [-0.4, -0.2) is 47.1 Å². The van der Waals surface area contributed by atoms with Gasteiger partial charge in [-0.3, -0.25) is 4.79 Å². The summed E-state index contributed by atoms with van der Waals surface area (Å²) in [5, 5.41) is 19.6. The zero-order valence-electron chi connectivity index (χ0n) is 13.4. The van der Waals surface area contributed by atoms with Crippen LogP contribution in [-0.2, 0) is 19.1 Å². The highest BCUT2D eigenvalue weighted by atomic mass is 16.6. The smallest absolute Gasteiger partial charge is 0.337 e. The Morgan fingerprint density at radius 2 is 2.17 bits per heavy atom. The molecular weight excluding hydrogens is 300 g/mol. The second-order valence-corrected chi connectivity index (χ2v) is 5.91. The molecule has 0 fully saturated rings. The lowest BCUT2D eigenvalue weighted by atomic mass is 9.90. The van der Waals surface area contributed by atoms with E-state index in [-0.39, 0.29) is 18.6 Å². The first-order valence-corrected chi connectivity index (χ1v) is 7.58. The van der Waals surface area contributed by atoms with Crippen LogP contribution < -0.4 is 0 Å². The minimum atomic E-state index is -0.810. The van der Waals surface area contributed by atoms with E-state index in [1.54, 1.807) is 13.0 Å². The van der Waals surface area contributed by atoms with Gasteiger partial charge in [-0.2, -0.15) is 0 Å². The molecule has 0 unspecified atom stereocenters. The third-order valence-electron chi connectivity index (χ3n) is 4.22. The third kappa shape index (κ3) is 3.89. The largest absolute Gasteiger partial charge is 0.458 e. The molecule has 0 aromatic heterocycles. The van der Waals surface area contributed by atoms with E-state index in [1.807, 2.05) is 0 Å². The molecule has 1 heterocycles. The molecule has 0 saturated carbocycles. The number of fused-ring (bicyclic) bond motifs is 1. The average molecular weight is 322 g/mol. The van der Waals surface area contributed by atoms with Crippen LogP contribution >= 0.6 is 0 Å². The van der Waals surface area contributed by atoms with Crippen molar-refractivity contribution in [2.45, 2.75) is 51.4 Å². The van der Waals surface area contributed by atoms with Crippen molar-refractivity contribution in [3.63, 3.8) is 0 Å². The monoisotopic (exact) mass is 322 g/mol. The fraction of sp³-hybridized carbons (Fsp3) is 0.529. The summed E-state index contributed by atoms with van der Waals surface area (Å²) in [6.07, 6.45) is 0.867. The maximum Gasteiger partial charge on any atom is 0.337 e. The summed E-state index contributed by atoms with van der Waals surface area (Å²) in [5.41, 5.74) is 2.22. The molecule has 0 amide bonds. The van der Waals surface area contributed by atoms with Crippen molar-refractivity contribution in [3.8, 4) is 0 Å². The minimum absolute atomic E-state index is 0.216. The second kappa shape index (κ2) is 7.10. The number of carbonyl (C=O) groups is 2. The number of hydrogen-bond donors (Lipinski definition) is 2. The highest BCUT2D eigenvalue weighted by Crippen LogP contribution is 2.32. The van der Waals surface area contributed by atoms with E-state index in [0.29, 0.717) is 29.6 Å². The number of aliphatic hydroxyl groups is 2. The molecule has 2 rings (SSSR count). The van der Waals surface area contributed by atoms with E-state index < -0.39 is 30.3 Å². The summed E-state index contributed by atoms with van der Waals surface area (Å²) in [5.74, 6) is -0.987. The number of esters is 2. The number of hydrogen-bond acceptors (Lipinski definition) is 6. The molecule has 1 aliphatic heterocycles. The normalized spacial score (nSPS) is 31.1. The summed E-state index contributed by atoms with van der Waals surface area (Å²) < 4.78 is 10.6. The summed E-state index contributed by atoms with van der Waals surface area (Å²) in [6.45, 7) is 6.54. The summed E-state index contributed by atoms with van der Waals surface area (Å²) >= 11 is 0. The van der Waals surface area contributed by atoms with E-state index in [0.717, 1.165) is 0 Å². The Labute approximate surface area is 135 Å². The predicted octanol–water partition coefficient (Wildman–Crippen LogP) is 1.18. The Hall–Kier alpha value is -1.92. The standard InChI is InChI=1S/C17H22O6/c1-9-4-5-12-13(8-18)17(21)23-16(12)6-10(2)15(7-14(9)20)22-11(3)19/h6,14-16,18,20H,1,4-5,7-8H2,2-3H3/b10-6-/t14-,15+,16+/m0/s1. The molecule has 126 valence electrons. The average Bonchev–Trinajstić information content (AvgIpc) is 2.77. The van der Waals surface area contributed by atoms with Gasteiger partial charge in [0, 0.05) is 13.3 Å². The first kappa shape index (κ1) is 17.4. The predicted molar refractivity (Wildman–Crippen MR) is 82.3 cm³/mol. The molecule has 0 aromatic carbocycles. The van der Waals surface area contributed by atoms with Gasteiger partial charge in [-0.05, 0) is 42.6 Å². The summed E-state index contributed by atoms with van der Waals surface area (Å²) in [6, 6.07) is 0. The van der Waals surface area contributed by atoms with Crippen molar-refractivity contribution in [1.29, 1.82) is 0 Å². The number of aliphatic hydroxyl groups excluding tert-OH is 2. The quantitative estimate of drug-likeness (QED) is 0.586. The van der Waals surface area contributed by atoms with Crippen molar-refractivity contribution in [2.24, 2.45) is 0 Å². The molecule has 0 radical (unpaired) electrons. The Morgan fingerprint density at radius 3 is 2.78 bits per heavy atom. The molecule has 23 heavy (non-hydrogen) atoms. The molecule has 0 bridgehead atoms. The summed E-state index contributed by atoms with van der Waals surface area (Å²) in [4.78, 5) is 23.1. The van der Waals surface area contributed by atoms with Gasteiger partial charge in [0.05, 0.1) is 18.3 Å². The first-order valence-electron chi connectivity index (χ1n) is 7.58. The van der Waals surface area contributed by atoms with Gasteiger partial charge in [0.15, 0.2) is 0 Å². The van der Waals surface area contributed by atoms with Gasteiger partial charge in [0.2, 0.25) is 0 Å². The van der Waals surface area contributed by atoms with Crippen molar-refractivity contribution >= 4 is 11.9 Å². The molecule has 2 aliphatic rings. The fourth-order valence-electron chi connectivity index (χ4n) is 2.86. The minimum Gasteiger partial charge on any atom is -0.458 e. The number of rotatable bonds is 2. The molecule has 1 aliphatic carbocycles. The summed E-state index contributed by atoms with van der Waals surface area (Å²) in [7, 11) is 0. The highest BCUT2D eigenvalue weighted by molar-refractivity contribution is 5.93. The molecule has 6 heteroatoms. The van der Waals surface area contributed by atoms with Crippen molar-refractivity contribution in [3.05, 3.63) is 34.9 Å². The maximum absolute atomic E-state index is 11.9. The van der Waals surface area contributed by atoms with Gasteiger partial charge < -0.3 is 19.7 Å². The second-order valence-electron chi connectivity index (χ2n) is 5.91. The molecule has 2 N–H and O–H groups in total. The van der Waals surface area contributed by atoms with E-state index in [2.05, 4.69) is 6.58 Å². The van der Waals surface area contributed by atoms with Gasteiger partial charge in [0.1, 0.15) is 12.2 Å². The van der Waals surface area contributed by atoms with Crippen LogP contribution in [0.5, 0.6) is 0 Å². The van der Waals surface area contributed by atoms with Crippen LogP contribution in [0.4, 0.5) is 0 Å². The van der Waals surface area contributed by atoms with E-state index >= 15 is 0 Å². The molecule has 0 aromatic rings. The van der Waals surface area contributed by atoms with Gasteiger partial charge in [-0.1, -0.05) is 6.58 Å². The first-order chi connectivity index (χ1) is 10.8. The Morgan fingerprint density at radius 1 is 1.48 bits per heavy atom. The Bertz CT molecular complexity index is 586. The SMILES string of the molecule is C=C1CCC2=C(CO)C(=O)O[C@@H]2/C=C(/C)[C@H](OC(C)=O)C[C@@H]1O. The van der Waals surface area contributed by atoms with E-state index in [4.69, 9.17) is 9.47 Å². The maximum atomic E-state index is 11.9. The Balaban J connectivity index is 2.41. The van der Waals surface area contributed by atoms with Gasteiger partial charge in [0.25, 0.3) is 0 Å². The van der Waals surface area contributed by atoms with Gasteiger partial charge >= 0.3 is 11.9 Å². The van der Waals surface area contributed by atoms with Crippen molar-refractivity contribution in [1.82, 2.24) is 0 Å².